The molecule has 6 heteroatoms. The van der Waals surface area contributed by atoms with Crippen molar-refractivity contribution < 1.29 is 9.53 Å². The predicted molar refractivity (Wildman–Crippen MR) is 128 cm³/mol. The molecule has 0 saturated carbocycles. The highest BCUT2D eigenvalue weighted by Gasteiger charge is 2.21. The Morgan fingerprint density at radius 2 is 1.94 bits per heavy atom. The number of carbonyl (C=O) groups is 1. The highest BCUT2D eigenvalue weighted by Crippen LogP contribution is 2.38. The van der Waals surface area contributed by atoms with E-state index in [4.69, 9.17) is 32.9 Å². The van der Waals surface area contributed by atoms with E-state index < -0.39 is 0 Å². The molecule has 0 saturated heterocycles. The van der Waals surface area contributed by atoms with Crippen LogP contribution in [-0.4, -0.2) is 30.1 Å². The zero-order valence-corrected chi connectivity index (χ0v) is 19.3. The summed E-state index contributed by atoms with van der Waals surface area (Å²) in [4.78, 5) is 19.3. The summed E-state index contributed by atoms with van der Waals surface area (Å²) in [6, 6.07) is 13.8. The van der Waals surface area contributed by atoms with Crippen molar-refractivity contribution in [1.29, 1.82) is 0 Å². The molecule has 31 heavy (non-hydrogen) atoms. The van der Waals surface area contributed by atoms with Gasteiger partial charge in [-0.1, -0.05) is 53.5 Å². The van der Waals surface area contributed by atoms with Crippen LogP contribution in [0.2, 0.25) is 10.0 Å². The Hall–Kier alpha value is -2.56. The number of fused-ring (bicyclic) bond motifs is 1. The van der Waals surface area contributed by atoms with Crippen LogP contribution in [0, 0.1) is 6.92 Å². The van der Waals surface area contributed by atoms with Crippen LogP contribution in [0.15, 0.2) is 54.1 Å². The van der Waals surface area contributed by atoms with E-state index in [0.29, 0.717) is 23.0 Å². The SMILES string of the molecule is Cc1cc(N2CC=C(C(=O)OC(C)C)CC2)c2cccc(-c3ccc(Cl)cc3Cl)c2n1. The van der Waals surface area contributed by atoms with Gasteiger partial charge in [0.1, 0.15) is 0 Å². The van der Waals surface area contributed by atoms with Crippen LogP contribution in [0.3, 0.4) is 0 Å². The first kappa shape index (κ1) is 21.7. The van der Waals surface area contributed by atoms with Crippen LogP contribution in [0.5, 0.6) is 0 Å². The molecule has 4 nitrogen and oxygen atoms in total. The average Bonchev–Trinajstić information content (AvgIpc) is 2.73. The fraction of sp³-hybridized carbons (Fsp3) is 0.280. The van der Waals surface area contributed by atoms with Crippen LogP contribution in [0.1, 0.15) is 26.0 Å². The van der Waals surface area contributed by atoms with Crippen LogP contribution in [0.25, 0.3) is 22.0 Å². The lowest BCUT2D eigenvalue weighted by atomic mass is 9.99. The lowest BCUT2D eigenvalue weighted by Crippen LogP contribution is -2.31. The minimum atomic E-state index is -0.218. The first-order valence-corrected chi connectivity index (χ1v) is 11.1. The summed E-state index contributed by atoms with van der Waals surface area (Å²) in [5, 5.41) is 2.25. The Labute approximate surface area is 192 Å². The molecule has 0 atom stereocenters. The molecular formula is C25H24Cl2N2O2. The van der Waals surface area contributed by atoms with Crippen molar-refractivity contribution in [3.63, 3.8) is 0 Å². The number of aryl methyl sites for hydroxylation is 1. The Bertz CT molecular complexity index is 1190. The fourth-order valence-corrected chi connectivity index (χ4v) is 4.42. The van der Waals surface area contributed by atoms with Gasteiger partial charge in [-0.05, 0) is 45.4 Å². The maximum absolute atomic E-state index is 12.2. The summed E-state index contributed by atoms with van der Waals surface area (Å²) in [7, 11) is 0. The molecule has 0 amide bonds. The number of esters is 1. The van der Waals surface area contributed by atoms with Gasteiger partial charge in [0.15, 0.2) is 0 Å². The van der Waals surface area contributed by atoms with Crippen molar-refractivity contribution in [3.05, 3.63) is 69.9 Å². The molecule has 0 radical (unpaired) electrons. The van der Waals surface area contributed by atoms with Crippen LogP contribution in [0.4, 0.5) is 5.69 Å². The van der Waals surface area contributed by atoms with Crippen molar-refractivity contribution in [2.24, 2.45) is 0 Å². The van der Waals surface area contributed by atoms with E-state index in [1.54, 1.807) is 6.07 Å². The highest BCUT2D eigenvalue weighted by molar-refractivity contribution is 6.36. The molecule has 0 spiro atoms. The van der Waals surface area contributed by atoms with Gasteiger partial charge in [-0.3, -0.25) is 4.98 Å². The molecule has 160 valence electrons. The Morgan fingerprint density at radius 3 is 2.61 bits per heavy atom. The van der Waals surface area contributed by atoms with Crippen molar-refractivity contribution in [3.8, 4) is 11.1 Å². The van der Waals surface area contributed by atoms with E-state index in [1.165, 1.54) is 0 Å². The quantitative estimate of drug-likeness (QED) is 0.416. The number of pyridine rings is 1. The third-order valence-corrected chi connectivity index (χ3v) is 5.87. The largest absolute Gasteiger partial charge is 0.460 e. The molecule has 2 heterocycles. The molecule has 1 aliphatic heterocycles. The summed E-state index contributed by atoms with van der Waals surface area (Å²) in [5.41, 5.74) is 5.54. The smallest absolute Gasteiger partial charge is 0.334 e. The van der Waals surface area contributed by atoms with E-state index in [-0.39, 0.29) is 12.1 Å². The van der Waals surface area contributed by atoms with E-state index in [0.717, 1.165) is 45.5 Å². The minimum Gasteiger partial charge on any atom is -0.460 e. The zero-order chi connectivity index (χ0) is 22.1. The number of hydrogen-bond donors (Lipinski definition) is 0. The Kier molecular flexibility index (Phi) is 6.22. The van der Waals surface area contributed by atoms with Gasteiger partial charge < -0.3 is 9.64 Å². The van der Waals surface area contributed by atoms with Gasteiger partial charge in [-0.25, -0.2) is 4.79 Å². The maximum Gasteiger partial charge on any atom is 0.334 e. The molecule has 0 N–H and O–H groups in total. The monoisotopic (exact) mass is 454 g/mol. The van der Waals surface area contributed by atoms with Gasteiger partial charge in [0.25, 0.3) is 0 Å². The summed E-state index contributed by atoms with van der Waals surface area (Å²) in [5.74, 6) is -0.218. The lowest BCUT2D eigenvalue weighted by Gasteiger charge is -2.29. The van der Waals surface area contributed by atoms with Crippen molar-refractivity contribution in [1.82, 2.24) is 4.98 Å². The third-order valence-electron chi connectivity index (χ3n) is 5.32. The standard InChI is InChI=1S/C25H24Cl2N2O2/c1-15(2)31-25(30)17-9-11-29(12-10-17)23-13-16(3)28-24-20(5-4-6-21(23)24)19-8-7-18(26)14-22(19)27/h4-9,13-15H,10-12H2,1-3H3. The molecule has 1 aromatic heterocycles. The van der Waals surface area contributed by atoms with Crippen LogP contribution < -0.4 is 4.90 Å². The molecule has 0 bridgehead atoms. The number of anilines is 1. The minimum absolute atomic E-state index is 0.115. The predicted octanol–water partition coefficient (Wildman–Crippen LogP) is 6.61. The summed E-state index contributed by atoms with van der Waals surface area (Å²) < 4.78 is 5.35. The van der Waals surface area contributed by atoms with E-state index in [9.17, 15) is 4.79 Å². The number of benzene rings is 2. The maximum atomic E-state index is 12.2. The molecule has 2 aromatic carbocycles. The Balaban J connectivity index is 1.74. The number of para-hydroxylation sites is 1. The molecule has 0 fully saturated rings. The number of halogens is 2. The third kappa shape index (κ3) is 4.56. The van der Waals surface area contributed by atoms with Gasteiger partial charge in [-0.15, -0.1) is 0 Å². The molecule has 1 aliphatic rings. The van der Waals surface area contributed by atoms with Gasteiger partial charge in [0.05, 0.1) is 11.6 Å². The second kappa shape index (κ2) is 8.89. The number of carbonyl (C=O) groups excluding carboxylic acids is 1. The van der Waals surface area contributed by atoms with Gasteiger partial charge in [0, 0.05) is 56.6 Å². The topological polar surface area (TPSA) is 42.4 Å². The summed E-state index contributed by atoms with van der Waals surface area (Å²) in [6.07, 6.45) is 2.50. The highest BCUT2D eigenvalue weighted by atomic mass is 35.5. The molecular weight excluding hydrogens is 431 g/mol. The summed E-state index contributed by atoms with van der Waals surface area (Å²) >= 11 is 12.6. The van der Waals surface area contributed by atoms with Gasteiger partial charge in [-0.2, -0.15) is 0 Å². The molecule has 0 aliphatic carbocycles. The average molecular weight is 455 g/mol. The molecule has 4 rings (SSSR count). The number of hydrogen-bond acceptors (Lipinski definition) is 4. The summed E-state index contributed by atoms with van der Waals surface area (Å²) in [6.45, 7) is 7.11. The van der Waals surface area contributed by atoms with Crippen molar-refractivity contribution in [2.45, 2.75) is 33.3 Å². The van der Waals surface area contributed by atoms with E-state index in [1.807, 2.05) is 51.1 Å². The normalized spacial score (nSPS) is 14.1. The molecule has 3 aromatic rings. The number of ether oxygens (including phenoxy) is 1. The number of aromatic nitrogens is 1. The number of rotatable bonds is 4. The van der Waals surface area contributed by atoms with Gasteiger partial charge >= 0.3 is 5.97 Å². The van der Waals surface area contributed by atoms with Crippen LogP contribution >= 0.6 is 23.2 Å². The van der Waals surface area contributed by atoms with Gasteiger partial charge in [0.2, 0.25) is 0 Å². The van der Waals surface area contributed by atoms with E-state index >= 15 is 0 Å². The number of nitrogens with zero attached hydrogens (tertiary/aromatic N) is 2. The first-order chi connectivity index (χ1) is 14.8. The van der Waals surface area contributed by atoms with E-state index in [2.05, 4.69) is 17.0 Å². The second-order valence-electron chi connectivity index (χ2n) is 7.99. The zero-order valence-electron chi connectivity index (χ0n) is 17.8. The Morgan fingerprint density at radius 1 is 1.13 bits per heavy atom. The molecule has 0 unspecified atom stereocenters. The van der Waals surface area contributed by atoms with Crippen molar-refractivity contribution in [2.75, 3.05) is 18.0 Å². The fourth-order valence-electron chi connectivity index (χ4n) is 3.90. The van der Waals surface area contributed by atoms with Crippen molar-refractivity contribution >= 4 is 45.8 Å². The van der Waals surface area contributed by atoms with Crippen LogP contribution in [-0.2, 0) is 9.53 Å². The second-order valence-corrected chi connectivity index (χ2v) is 8.83. The lowest BCUT2D eigenvalue weighted by molar-refractivity contribution is -0.142. The first-order valence-electron chi connectivity index (χ1n) is 10.3.